The number of ether oxygens (including phenoxy) is 1. The molecule has 1 aromatic carbocycles. The summed E-state index contributed by atoms with van der Waals surface area (Å²) in [4.78, 5) is 14.0. The molecule has 0 bridgehead atoms. The fourth-order valence-corrected chi connectivity index (χ4v) is 2.20. The van der Waals surface area contributed by atoms with Gasteiger partial charge in [0.15, 0.2) is 0 Å². The molecule has 2 rings (SSSR count). The second kappa shape index (κ2) is 6.57. The van der Waals surface area contributed by atoms with E-state index < -0.39 is 0 Å². The lowest BCUT2D eigenvalue weighted by molar-refractivity contribution is -0.116. The van der Waals surface area contributed by atoms with E-state index in [4.69, 9.17) is 4.74 Å². The third-order valence-electron chi connectivity index (χ3n) is 3.35. The second-order valence-corrected chi connectivity index (χ2v) is 4.90. The molecule has 19 heavy (non-hydrogen) atoms. The number of nitrogens with one attached hydrogen (secondary N) is 1. The Morgan fingerprint density at radius 1 is 1.37 bits per heavy atom. The van der Waals surface area contributed by atoms with E-state index >= 15 is 0 Å². The van der Waals surface area contributed by atoms with Crippen LogP contribution in [0, 0.1) is 6.92 Å². The van der Waals surface area contributed by atoms with E-state index in [9.17, 15) is 4.79 Å². The number of amides is 1. The Hall–Kier alpha value is -1.55. The lowest BCUT2D eigenvalue weighted by Crippen LogP contribution is -2.36. The highest BCUT2D eigenvalue weighted by atomic mass is 16.5. The number of carbonyl (C=O) groups is 1. The molecule has 104 valence electrons. The van der Waals surface area contributed by atoms with Crippen molar-refractivity contribution in [3.63, 3.8) is 0 Å². The zero-order chi connectivity index (χ0) is 13.7. The molecule has 0 atom stereocenters. The third kappa shape index (κ3) is 3.70. The van der Waals surface area contributed by atoms with Gasteiger partial charge in [0.1, 0.15) is 0 Å². The molecule has 0 aliphatic carbocycles. The van der Waals surface area contributed by atoms with Crippen molar-refractivity contribution in [3.8, 4) is 0 Å². The van der Waals surface area contributed by atoms with Crippen molar-refractivity contribution in [1.29, 1.82) is 0 Å². The van der Waals surface area contributed by atoms with Gasteiger partial charge in [-0.25, -0.2) is 0 Å². The fourth-order valence-electron chi connectivity index (χ4n) is 2.20. The molecule has 0 radical (unpaired) electrons. The van der Waals surface area contributed by atoms with Crippen LogP contribution in [0.1, 0.15) is 25.3 Å². The SMILES string of the molecule is CCCC(=O)Nc1cc(N2CCOCC2)ccc1C. The molecular weight excluding hydrogens is 240 g/mol. The minimum Gasteiger partial charge on any atom is -0.378 e. The highest BCUT2D eigenvalue weighted by molar-refractivity contribution is 5.92. The number of anilines is 2. The maximum Gasteiger partial charge on any atom is 0.224 e. The molecule has 0 aromatic heterocycles. The molecule has 1 aliphatic heterocycles. The topological polar surface area (TPSA) is 41.6 Å². The van der Waals surface area contributed by atoms with Crippen molar-refractivity contribution < 1.29 is 9.53 Å². The van der Waals surface area contributed by atoms with Gasteiger partial charge in [0.05, 0.1) is 13.2 Å². The molecule has 0 spiro atoms. The van der Waals surface area contributed by atoms with Crippen LogP contribution in [-0.4, -0.2) is 32.2 Å². The average molecular weight is 262 g/mol. The van der Waals surface area contributed by atoms with Gasteiger partial charge in [-0.1, -0.05) is 13.0 Å². The molecule has 1 fully saturated rings. The summed E-state index contributed by atoms with van der Waals surface area (Å²) in [6, 6.07) is 6.23. The standard InChI is InChI=1S/C15H22N2O2/c1-3-4-15(18)16-14-11-13(6-5-12(14)2)17-7-9-19-10-8-17/h5-6,11H,3-4,7-10H2,1-2H3,(H,16,18). The first-order valence-corrected chi connectivity index (χ1v) is 6.94. The summed E-state index contributed by atoms with van der Waals surface area (Å²) >= 11 is 0. The van der Waals surface area contributed by atoms with E-state index in [1.807, 2.05) is 13.8 Å². The summed E-state index contributed by atoms with van der Waals surface area (Å²) in [6.07, 6.45) is 1.44. The van der Waals surface area contributed by atoms with Crippen LogP contribution in [0.4, 0.5) is 11.4 Å². The Morgan fingerprint density at radius 3 is 2.79 bits per heavy atom. The van der Waals surface area contributed by atoms with Gasteiger partial charge in [0.25, 0.3) is 0 Å². The molecule has 1 aromatic rings. The van der Waals surface area contributed by atoms with Crippen molar-refractivity contribution in [3.05, 3.63) is 23.8 Å². The van der Waals surface area contributed by atoms with Gasteiger partial charge in [-0.3, -0.25) is 4.79 Å². The van der Waals surface area contributed by atoms with Crippen LogP contribution in [0.2, 0.25) is 0 Å². The smallest absolute Gasteiger partial charge is 0.224 e. The van der Waals surface area contributed by atoms with Crippen LogP contribution < -0.4 is 10.2 Å². The van der Waals surface area contributed by atoms with Gasteiger partial charge in [-0.2, -0.15) is 0 Å². The Bertz CT molecular complexity index is 440. The third-order valence-corrected chi connectivity index (χ3v) is 3.35. The second-order valence-electron chi connectivity index (χ2n) is 4.90. The quantitative estimate of drug-likeness (QED) is 0.906. The van der Waals surface area contributed by atoms with Crippen LogP contribution >= 0.6 is 0 Å². The summed E-state index contributed by atoms with van der Waals surface area (Å²) in [7, 11) is 0. The molecule has 1 saturated heterocycles. The Morgan fingerprint density at radius 2 is 2.11 bits per heavy atom. The highest BCUT2D eigenvalue weighted by Crippen LogP contribution is 2.24. The zero-order valence-corrected chi connectivity index (χ0v) is 11.7. The van der Waals surface area contributed by atoms with Crippen molar-refractivity contribution in [2.45, 2.75) is 26.7 Å². The van der Waals surface area contributed by atoms with Crippen LogP contribution in [0.25, 0.3) is 0 Å². The molecule has 4 heteroatoms. The van der Waals surface area contributed by atoms with Crippen LogP contribution in [0.3, 0.4) is 0 Å². The average Bonchev–Trinajstić information content (AvgIpc) is 2.42. The summed E-state index contributed by atoms with van der Waals surface area (Å²) in [6.45, 7) is 7.38. The van der Waals surface area contributed by atoms with Crippen LogP contribution in [0.15, 0.2) is 18.2 Å². The fraction of sp³-hybridized carbons (Fsp3) is 0.533. The minimum absolute atomic E-state index is 0.0877. The van der Waals surface area contributed by atoms with E-state index in [1.54, 1.807) is 0 Å². The van der Waals surface area contributed by atoms with Gasteiger partial charge < -0.3 is 15.0 Å². The highest BCUT2D eigenvalue weighted by Gasteiger charge is 2.13. The molecule has 4 nitrogen and oxygen atoms in total. The number of hydrogen-bond acceptors (Lipinski definition) is 3. The normalized spacial score (nSPS) is 15.4. The predicted molar refractivity (Wildman–Crippen MR) is 77.7 cm³/mol. The molecule has 1 N–H and O–H groups in total. The largest absolute Gasteiger partial charge is 0.378 e. The Labute approximate surface area is 114 Å². The van der Waals surface area contributed by atoms with Crippen LogP contribution in [0.5, 0.6) is 0 Å². The minimum atomic E-state index is 0.0877. The first-order chi connectivity index (χ1) is 9.20. The van der Waals surface area contributed by atoms with Gasteiger partial charge in [0, 0.05) is 30.9 Å². The lowest BCUT2D eigenvalue weighted by atomic mass is 10.1. The van der Waals surface area contributed by atoms with Gasteiger partial charge in [-0.15, -0.1) is 0 Å². The number of rotatable bonds is 4. The summed E-state index contributed by atoms with van der Waals surface area (Å²) in [5, 5.41) is 2.99. The van der Waals surface area contributed by atoms with Gasteiger partial charge >= 0.3 is 0 Å². The molecule has 1 amide bonds. The molecule has 0 saturated carbocycles. The van der Waals surface area contributed by atoms with E-state index in [0.29, 0.717) is 6.42 Å². The van der Waals surface area contributed by atoms with E-state index in [0.717, 1.165) is 49.7 Å². The Kier molecular flexibility index (Phi) is 4.80. The number of carbonyl (C=O) groups excluding carboxylic acids is 1. The number of benzene rings is 1. The first-order valence-electron chi connectivity index (χ1n) is 6.94. The number of aryl methyl sites for hydroxylation is 1. The van der Waals surface area contributed by atoms with E-state index in [1.165, 1.54) is 0 Å². The van der Waals surface area contributed by atoms with Gasteiger partial charge in [0.2, 0.25) is 5.91 Å². The zero-order valence-electron chi connectivity index (χ0n) is 11.7. The molecular formula is C15H22N2O2. The van der Waals surface area contributed by atoms with E-state index in [2.05, 4.69) is 28.4 Å². The maximum atomic E-state index is 11.7. The van der Waals surface area contributed by atoms with Gasteiger partial charge in [-0.05, 0) is 31.0 Å². The van der Waals surface area contributed by atoms with Crippen molar-refractivity contribution >= 4 is 17.3 Å². The first kappa shape index (κ1) is 13.9. The van der Waals surface area contributed by atoms with Crippen LogP contribution in [-0.2, 0) is 9.53 Å². The maximum absolute atomic E-state index is 11.7. The number of hydrogen-bond donors (Lipinski definition) is 1. The predicted octanol–water partition coefficient (Wildman–Crippen LogP) is 2.57. The van der Waals surface area contributed by atoms with Crippen molar-refractivity contribution in [2.75, 3.05) is 36.5 Å². The summed E-state index contributed by atoms with van der Waals surface area (Å²) in [5.74, 6) is 0.0877. The monoisotopic (exact) mass is 262 g/mol. The van der Waals surface area contributed by atoms with Crippen molar-refractivity contribution in [1.82, 2.24) is 0 Å². The molecule has 0 unspecified atom stereocenters. The van der Waals surface area contributed by atoms with E-state index in [-0.39, 0.29) is 5.91 Å². The summed E-state index contributed by atoms with van der Waals surface area (Å²) in [5.41, 5.74) is 3.17. The molecule has 1 aliphatic rings. The van der Waals surface area contributed by atoms with Crippen molar-refractivity contribution in [2.24, 2.45) is 0 Å². The Balaban J connectivity index is 2.11. The molecule has 1 heterocycles. The number of morpholine rings is 1. The summed E-state index contributed by atoms with van der Waals surface area (Å²) < 4.78 is 5.36. The lowest BCUT2D eigenvalue weighted by Gasteiger charge is -2.29. The number of nitrogens with zero attached hydrogens (tertiary/aromatic N) is 1.